The van der Waals surface area contributed by atoms with E-state index in [-0.39, 0.29) is 21.4 Å². The first-order chi connectivity index (χ1) is 13.8. The van der Waals surface area contributed by atoms with Gasteiger partial charge in [-0.15, -0.1) is 0 Å². The third kappa shape index (κ3) is 3.80. The Morgan fingerprint density at radius 1 is 1.17 bits per heavy atom. The van der Waals surface area contributed by atoms with E-state index in [2.05, 4.69) is 5.32 Å². The van der Waals surface area contributed by atoms with Crippen molar-refractivity contribution in [2.75, 3.05) is 12.4 Å². The number of furan rings is 1. The number of hydrogen-bond donors (Lipinski definition) is 1. The van der Waals surface area contributed by atoms with E-state index in [1.165, 1.54) is 31.6 Å². The normalized spacial score (nSPS) is 11.4. The molecule has 0 saturated carbocycles. The van der Waals surface area contributed by atoms with Crippen LogP contribution in [0.1, 0.15) is 35.2 Å². The van der Waals surface area contributed by atoms with E-state index < -0.39 is 15.7 Å². The zero-order valence-electron chi connectivity index (χ0n) is 16.9. The van der Waals surface area contributed by atoms with Gasteiger partial charge in [0.2, 0.25) is 9.84 Å². The van der Waals surface area contributed by atoms with Gasteiger partial charge in [0, 0.05) is 12.2 Å². The van der Waals surface area contributed by atoms with Crippen molar-refractivity contribution in [3.8, 4) is 5.75 Å². The molecule has 0 bridgehead atoms. The fraction of sp³-hybridized carbons (Fsp3) is 0.286. The van der Waals surface area contributed by atoms with Crippen molar-refractivity contribution in [2.24, 2.45) is 0 Å². The molecule has 0 radical (unpaired) electrons. The van der Waals surface area contributed by atoms with Crippen molar-refractivity contribution in [1.82, 2.24) is 4.57 Å². The lowest BCUT2D eigenvalue weighted by atomic mass is 10.3. The fourth-order valence-electron chi connectivity index (χ4n) is 3.24. The maximum Gasteiger partial charge on any atom is 0.292 e. The smallest absolute Gasteiger partial charge is 0.292 e. The molecule has 7 nitrogen and oxygen atoms in total. The van der Waals surface area contributed by atoms with E-state index in [1.807, 2.05) is 18.4 Å². The summed E-state index contributed by atoms with van der Waals surface area (Å²) in [5.41, 5.74) is 1.39. The lowest BCUT2D eigenvalue weighted by molar-refractivity contribution is 0.0995. The van der Waals surface area contributed by atoms with Gasteiger partial charge < -0.3 is 19.0 Å². The first-order valence-electron chi connectivity index (χ1n) is 9.25. The Morgan fingerprint density at radius 3 is 2.41 bits per heavy atom. The van der Waals surface area contributed by atoms with Crippen LogP contribution < -0.4 is 10.1 Å². The minimum absolute atomic E-state index is 0.0912. The monoisotopic (exact) mass is 416 g/mol. The van der Waals surface area contributed by atoms with Crippen molar-refractivity contribution >= 4 is 21.6 Å². The number of carbonyl (C=O) groups is 1. The van der Waals surface area contributed by atoms with Crippen molar-refractivity contribution in [2.45, 2.75) is 43.5 Å². The van der Waals surface area contributed by atoms with Crippen LogP contribution in [0, 0.1) is 13.8 Å². The number of aromatic nitrogens is 1. The predicted molar refractivity (Wildman–Crippen MR) is 109 cm³/mol. The molecule has 0 aliphatic carbocycles. The second kappa shape index (κ2) is 8.16. The third-order valence-electron chi connectivity index (χ3n) is 4.84. The van der Waals surface area contributed by atoms with Crippen LogP contribution in [0.25, 0.3) is 0 Å². The molecular formula is C21H24N2O5S. The zero-order chi connectivity index (χ0) is 21.2. The minimum Gasteiger partial charge on any atom is -0.497 e. The molecule has 8 heteroatoms. The molecule has 154 valence electrons. The van der Waals surface area contributed by atoms with Crippen LogP contribution in [-0.4, -0.2) is 26.0 Å². The molecule has 0 saturated heterocycles. The van der Waals surface area contributed by atoms with Gasteiger partial charge in [-0.3, -0.25) is 4.79 Å². The van der Waals surface area contributed by atoms with E-state index in [9.17, 15) is 13.2 Å². The summed E-state index contributed by atoms with van der Waals surface area (Å²) in [5.74, 6) is 0.416. The van der Waals surface area contributed by atoms with Crippen LogP contribution in [0.3, 0.4) is 0 Å². The lowest BCUT2D eigenvalue weighted by Crippen LogP contribution is -2.17. The molecule has 0 fully saturated rings. The Kier molecular flexibility index (Phi) is 5.83. The molecule has 1 N–H and O–H groups in total. The lowest BCUT2D eigenvalue weighted by Gasteiger charge is -2.13. The molecule has 2 aromatic heterocycles. The molecule has 2 heterocycles. The zero-order valence-corrected chi connectivity index (χ0v) is 17.7. The highest BCUT2D eigenvalue weighted by atomic mass is 32.2. The summed E-state index contributed by atoms with van der Waals surface area (Å²) in [5, 5.41) is 2.75. The Hall–Kier alpha value is -3.00. The summed E-state index contributed by atoms with van der Waals surface area (Å²) in [7, 11) is -2.36. The fourth-order valence-corrected chi connectivity index (χ4v) is 4.94. The Bertz CT molecular complexity index is 1110. The Labute approximate surface area is 170 Å². The van der Waals surface area contributed by atoms with E-state index >= 15 is 0 Å². The van der Waals surface area contributed by atoms with Crippen LogP contribution in [0.15, 0.2) is 56.9 Å². The van der Waals surface area contributed by atoms with Gasteiger partial charge in [0.15, 0.2) is 5.76 Å². The first-order valence-corrected chi connectivity index (χ1v) is 10.7. The van der Waals surface area contributed by atoms with E-state index in [0.29, 0.717) is 17.9 Å². The number of sulfone groups is 1. The van der Waals surface area contributed by atoms with Crippen molar-refractivity contribution < 1.29 is 22.4 Å². The van der Waals surface area contributed by atoms with E-state index in [0.717, 1.165) is 12.1 Å². The largest absolute Gasteiger partial charge is 0.497 e. The summed E-state index contributed by atoms with van der Waals surface area (Å²) >= 11 is 0. The summed E-state index contributed by atoms with van der Waals surface area (Å²) < 4.78 is 39.1. The molecule has 3 aromatic rings. The van der Waals surface area contributed by atoms with Gasteiger partial charge in [0.05, 0.1) is 18.3 Å². The van der Waals surface area contributed by atoms with Gasteiger partial charge in [-0.05, 0) is 62.2 Å². The molecule has 0 spiro atoms. The van der Waals surface area contributed by atoms with Gasteiger partial charge in [0.1, 0.15) is 16.5 Å². The highest BCUT2D eigenvalue weighted by Crippen LogP contribution is 2.36. The number of amides is 1. The minimum atomic E-state index is -3.88. The predicted octanol–water partition coefficient (Wildman–Crippen LogP) is 4.20. The van der Waals surface area contributed by atoms with Gasteiger partial charge in [-0.1, -0.05) is 6.92 Å². The van der Waals surface area contributed by atoms with Gasteiger partial charge >= 0.3 is 0 Å². The van der Waals surface area contributed by atoms with Gasteiger partial charge in [-0.2, -0.15) is 0 Å². The summed E-state index contributed by atoms with van der Waals surface area (Å²) in [6.07, 6.45) is 2.17. The number of nitrogens with one attached hydrogen (secondary N) is 1. The standard InChI is InChI=1S/C21H24N2O5S/c1-5-12-23-15(3)14(2)19(20(23)22-21(24)18-7-6-13-28-18)29(25,26)17-10-8-16(27-4)9-11-17/h6-11,13H,5,12H2,1-4H3,(H,22,24). The molecule has 1 amide bonds. The van der Waals surface area contributed by atoms with Gasteiger partial charge in [-0.25, -0.2) is 8.42 Å². The van der Waals surface area contributed by atoms with Crippen LogP contribution >= 0.6 is 0 Å². The van der Waals surface area contributed by atoms with Gasteiger partial charge in [0.25, 0.3) is 5.91 Å². The van der Waals surface area contributed by atoms with Crippen LogP contribution in [0.4, 0.5) is 5.82 Å². The van der Waals surface area contributed by atoms with Crippen molar-refractivity contribution in [3.63, 3.8) is 0 Å². The Morgan fingerprint density at radius 2 is 1.86 bits per heavy atom. The molecule has 0 unspecified atom stereocenters. The molecule has 0 aliphatic rings. The molecule has 3 rings (SSSR count). The summed E-state index contributed by atoms with van der Waals surface area (Å²) in [6.45, 7) is 6.16. The third-order valence-corrected chi connectivity index (χ3v) is 6.77. The first kappa shape index (κ1) is 20.7. The van der Waals surface area contributed by atoms with Crippen LogP contribution in [-0.2, 0) is 16.4 Å². The number of methoxy groups -OCH3 is 1. The number of rotatable bonds is 7. The Balaban J connectivity index is 2.16. The number of nitrogens with zero attached hydrogens (tertiary/aromatic N) is 1. The average molecular weight is 416 g/mol. The molecule has 1 aromatic carbocycles. The van der Waals surface area contributed by atoms with Crippen molar-refractivity contribution in [1.29, 1.82) is 0 Å². The van der Waals surface area contributed by atoms with Crippen molar-refractivity contribution in [3.05, 3.63) is 59.7 Å². The molecular weight excluding hydrogens is 392 g/mol. The van der Waals surface area contributed by atoms with E-state index in [1.54, 1.807) is 25.1 Å². The number of carbonyl (C=O) groups excluding carboxylic acids is 1. The number of hydrogen-bond acceptors (Lipinski definition) is 5. The maximum absolute atomic E-state index is 13.5. The highest BCUT2D eigenvalue weighted by molar-refractivity contribution is 7.91. The number of ether oxygens (including phenoxy) is 1. The summed E-state index contributed by atoms with van der Waals surface area (Å²) in [4.78, 5) is 12.8. The quantitative estimate of drug-likeness (QED) is 0.623. The van der Waals surface area contributed by atoms with Crippen LogP contribution in [0.2, 0.25) is 0 Å². The second-order valence-corrected chi connectivity index (χ2v) is 8.54. The molecule has 0 atom stereocenters. The molecule has 0 aliphatic heterocycles. The van der Waals surface area contributed by atoms with E-state index in [4.69, 9.17) is 9.15 Å². The van der Waals surface area contributed by atoms with Crippen LogP contribution in [0.5, 0.6) is 5.75 Å². The highest BCUT2D eigenvalue weighted by Gasteiger charge is 2.31. The SMILES string of the molecule is CCCn1c(C)c(C)c(S(=O)(=O)c2ccc(OC)cc2)c1NC(=O)c1ccco1. The topological polar surface area (TPSA) is 90.5 Å². The number of benzene rings is 1. The maximum atomic E-state index is 13.5. The summed E-state index contributed by atoms with van der Waals surface area (Å²) in [6, 6.07) is 9.32. The number of anilines is 1. The molecule has 29 heavy (non-hydrogen) atoms. The second-order valence-electron chi connectivity index (χ2n) is 6.65. The average Bonchev–Trinajstić information content (AvgIpc) is 3.32.